The summed E-state index contributed by atoms with van der Waals surface area (Å²) in [4.78, 5) is 2.19. The Balaban J connectivity index is 1.39. The molecule has 3 aromatic carbocycles. The first kappa shape index (κ1) is 43.1. The molecular weight excluding hydrogens is 788 g/mol. The summed E-state index contributed by atoms with van der Waals surface area (Å²) < 4.78 is 107. The van der Waals surface area contributed by atoms with Crippen LogP contribution in [0.25, 0.3) is 0 Å². The zero-order valence-electron chi connectivity index (χ0n) is 33.2. The maximum Gasteiger partial charge on any atom is 0.416 e. The highest BCUT2D eigenvalue weighted by atomic mass is 32.2. The van der Waals surface area contributed by atoms with Gasteiger partial charge in [-0.2, -0.15) is 34.6 Å². The van der Waals surface area contributed by atoms with E-state index in [0.717, 1.165) is 62.9 Å². The summed E-state index contributed by atoms with van der Waals surface area (Å²) in [6.45, 7) is 9.63. The molecule has 1 aliphatic carbocycles. The molecule has 3 aliphatic rings. The normalized spacial score (nSPS) is 19.2. The van der Waals surface area contributed by atoms with Crippen LogP contribution < -0.4 is 10.2 Å². The molecule has 0 atom stereocenters. The van der Waals surface area contributed by atoms with Gasteiger partial charge in [-0.1, -0.05) is 62.4 Å². The molecule has 2 heterocycles. The first-order valence-corrected chi connectivity index (χ1v) is 22.7. The summed E-state index contributed by atoms with van der Waals surface area (Å²) in [6, 6.07) is 21.2. The highest BCUT2D eigenvalue weighted by Gasteiger charge is 2.44. The minimum atomic E-state index is -4.47. The number of fused-ring (bicyclic) bond motifs is 2. The van der Waals surface area contributed by atoms with E-state index in [0.29, 0.717) is 57.3 Å². The van der Waals surface area contributed by atoms with E-state index < -0.39 is 42.8 Å². The number of alkyl halides is 3. The van der Waals surface area contributed by atoms with Gasteiger partial charge in [0.05, 0.1) is 22.5 Å². The number of hydrogen-bond donors (Lipinski definition) is 3. The molecule has 0 radical (unpaired) electrons. The summed E-state index contributed by atoms with van der Waals surface area (Å²) in [5.41, 5.74) is 8.02. The first-order valence-electron chi connectivity index (χ1n) is 19.5. The van der Waals surface area contributed by atoms with Gasteiger partial charge in [0.1, 0.15) is 6.54 Å². The zero-order valence-corrected chi connectivity index (χ0v) is 34.8. The van der Waals surface area contributed by atoms with Gasteiger partial charge in [-0.15, -0.1) is 0 Å². The van der Waals surface area contributed by atoms with Crippen molar-refractivity contribution in [3.8, 4) is 0 Å². The molecule has 3 aromatic rings. The lowest BCUT2D eigenvalue weighted by Crippen LogP contribution is -2.28. The van der Waals surface area contributed by atoms with Crippen molar-refractivity contribution in [2.24, 2.45) is 0 Å². The lowest BCUT2D eigenvalue weighted by atomic mass is 9.81. The highest BCUT2D eigenvalue weighted by Crippen LogP contribution is 2.48. The minimum Gasteiger partial charge on any atom is -0.355 e. The van der Waals surface area contributed by atoms with Gasteiger partial charge in [0.15, 0.2) is 5.71 Å². The topological polar surface area (TPSA) is 127 Å². The van der Waals surface area contributed by atoms with Crippen molar-refractivity contribution in [1.29, 1.82) is 0 Å². The van der Waals surface area contributed by atoms with Crippen LogP contribution >= 0.6 is 0 Å². The van der Waals surface area contributed by atoms with Gasteiger partial charge in [0.2, 0.25) is 5.69 Å². The SMILES string of the molecule is CC1(C)C(/C=C\C2=C(Nc3ccc(C(F)(F)F)cc3)C(=C\C=C3/N(CCCCS(=O)(=O)O)c4ccccc4C3(C)C)/CC2)=[N+](CCCCS(=O)(=O)O)c2ccccc21. The Morgan fingerprint density at radius 2 is 1.38 bits per heavy atom. The second-order valence-corrected chi connectivity index (χ2v) is 19.3. The molecule has 0 saturated heterocycles. The van der Waals surface area contributed by atoms with Crippen molar-refractivity contribution in [2.75, 3.05) is 34.8 Å². The average Bonchev–Trinajstić information content (AvgIpc) is 3.69. The Hall–Kier alpha value is -4.50. The van der Waals surface area contributed by atoms with Crippen LogP contribution in [-0.2, 0) is 37.2 Å². The van der Waals surface area contributed by atoms with Crippen LogP contribution in [0.15, 0.2) is 120 Å². The lowest BCUT2D eigenvalue weighted by molar-refractivity contribution is -0.438. The number of para-hydroxylation sites is 2. The Labute approximate surface area is 339 Å². The van der Waals surface area contributed by atoms with Crippen LogP contribution in [0.2, 0.25) is 0 Å². The van der Waals surface area contributed by atoms with E-state index in [2.05, 4.69) is 78.9 Å². The standard InChI is InChI=1S/C44H50F3N3O6S2/c1-42(2)35-13-5-7-15-37(35)49(27-9-11-29-57(51,52)53)39(42)25-19-31-17-18-32(41(31)48-34-23-21-33(22-24-34)44(45,46)47)20-26-40-43(3,4)36-14-6-8-16-38(36)50(40)28-10-12-30-58(54,55)56/h5-8,13-16,19-26H,9-12,17-18,27-30H2,1-4H3,(H2,51,52,53,54,55,56)/p+1/b31-19-,39-25-. The van der Waals surface area contributed by atoms with Gasteiger partial charge < -0.3 is 10.2 Å². The molecule has 6 rings (SSSR count). The van der Waals surface area contributed by atoms with Crippen LogP contribution in [0.5, 0.6) is 0 Å². The Kier molecular flexibility index (Phi) is 12.4. The Morgan fingerprint density at radius 1 is 0.759 bits per heavy atom. The third-order valence-electron chi connectivity index (χ3n) is 11.3. The van der Waals surface area contributed by atoms with E-state index in [9.17, 15) is 39.1 Å². The molecule has 2 aliphatic heterocycles. The quantitative estimate of drug-likeness (QED) is 0.0785. The predicted octanol–water partition coefficient (Wildman–Crippen LogP) is 9.74. The summed E-state index contributed by atoms with van der Waals surface area (Å²) in [5, 5.41) is 3.45. The van der Waals surface area contributed by atoms with Crippen molar-refractivity contribution in [1.82, 2.24) is 0 Å². The summed E-state index contributed by atoms with van der Waals surface area (Å²) in [7, 11) is -8.16. The van der Waals surface area contributed by atoms with Crippen LogP contribution in [-0.4, -0.2) is 60.8 Å². The van der Waals surface area contributed by atoms with Crippen LogP contribution in [0.1, 0.15) is 82.9 Å². The molecule has 0 saturated carbocycles. The van der Waals surface area contributed by atoms with Crippen molar-refractivity contribution in [3.63, 3.8) is 0 Å². The molecule has 9 nitrogen and oxygen atoms in total. The number of nitrogens with zero attached hydrogens (tertiary/aromatic N) is 2. The molecule has 0 bridgehead atoms. The fourth-order valence-corrected chi connectivity index (χ4v) is 9.48. The minimum absolute atomic E-state index is 0.300. The lowest BCUT2D eigenvalue weighted by Gasteiger charge is -2.27. The smallest absolute Gasteiger partial charge is 0.355 e. The van der Waals surface area contributed by atoms with Gasteiger partial charge in [-0.25, -0.2) is 0 Å². The van der Waals surface area contributed by atoms with E-state index in [1.54, 1.807) is 0 Å². The Morgan fingerprint density at radius 3 is 2.03 bits per heavy atom. The molecular formula is C44H51F3N3O6S2+. The fourth-order valence-electron chi connectivity index (χ4n) is 8.34. The van der Waals surface area contributed by atoms with E-state index in [1.165, 1.54) is 12.1 Å². The van der Waals surface area contributed by atoms with Crippen LogP contribution in [0.4, 0.5) is 30.2 Å². The molecule has 58 heavy (non-hydrogen) atoms. The number of anilines is 2. The van der Waals surface area contributed by atoms with Gasteiger partial charge in [0.25, 0.3) is 20.2 Å². The number of unbranched alkanes of at least 4 members (excludes halogenated alkanes) is 2. The van der Waals surface area contributed by atoms with Crippen molar-refractivity contribution in [2.45, 2.75) is 83.2 Å². The largest absolute Gasteiger partial charge is 0.416 e. The van der Waals surface area contributed by atoms with Gasteiger partial charge in [0, 0.05) is 58.9 Å². The summed E-state index contributed by atoms with van der Waals surface area (Å²) in [5.74, 6) is -0.632. The molecule has 14 heteroatoms. The Bertz CT molecular complexity index is 2430. The predicted molar refractivity (Wildman–Crippen MR) is 224 cm³/mol. The molecule has 3 N–H and O–H groups in total. The zero-order chi connectivity index (χ0) is 42.1. The molecule has 310 valence electrons. The number of halogens is 3. The van der Waals surface area contributed by atoms with Gasteiger partial charge in [-0.05, 0) is 99.1 Å². The maximum atomic E-state index is 13.5. The van der Waals surface area contributed by atoms with Crippen LogP contribution in [0.3, 0.4) is 0 Å². The van der Waals surface area contributed by atoms with E-state index >= 15 is 0 Å². The monoisotopic (exact) mass is 838 g/mol. The number of hydrogen-bond acceptors (Lipinski definition) is 6. The highest BCUT2D eigenvalue weighted by molar-refractivity contribution is 7.86. The second-order valence-electron chi connectivity index (χ2n) is 16.1. The van der Waals surface area contributed by atoms with Crippen molar-refractivity contribution < 1.29 is 43.7 Å². The molecule has 0 amide bonds. The number of benzene rings is 3. The maximum absolute atomic E-state index is 13.5. The van der Waals surface area contributed by atoms with E-state index in [1.807, 2.05) is 36.4 Å². The third-order valence-corrected chi connectivity index (χ3v) is 12.9. The molecule has 0 spiro atoms. The second kappa shape index (κ2) is 16.6. The molecule has 0 unspecified atom stereocenters. The number of rotatable bonds is 15. The van der Waals surface area contributed by atoms with Crippen LogP contribution in [0, 0.1) is 0 Å². The third kappa shape index (κ3) is 9.68. The van der Waals surface area contributed by atoms with Crippen molar-refractivity contribution in [3.05, 3.63) is 136 Å². The van der Waals surface area contributed by atoms with E-state index in [-0.39, 0.29) is 11.5 Å². The van der Waals surface area contributed by atoms with Gasteiger partial charge in [-0.3, -0.25) is 9.11 Å². The molecule has 0 fully saturated rings. The fraction of sp³-hybridized carbons (Fsp3) is 0.386. The summed E-state index contributed by atoms with van der Waals surface area (Å²) >= 11 is 0. The van der Waals surface area contributed by atoms with Gasteiger partial charge >= 0.3 is 6.18 Å². The summed E-state index contributed by atoms with van der Waals surface area (Å²) in [6.07, 6.45) is 6.80. The first-order chi connectivity index (χ1) is 27.2. The molecule has 0 aromatic heterocycles. The number of nitrogens with one attached hydrogen (secondary N) is 1. The van der Waals surface area contributed by atoms with Crippen molar-refractivity contribution >= 4 is 43.0 Å². The van der Waals surface area contributed by atoms with E-state index in [4.69, 9.17) is 0 Å². The average molecular weight is 839 g/mol. The number of allylic oxidation sites excluding steroid dienone is 7.